The van der Waals surface area contributed by atoms with Gasteiger partial charge < -0.3 is 10.1 Å². The van der Waals surface area contributed by atoms with Crippen molar-refractivity contribution >= 4 is 11.9 Å². The minimum atomic E-state index is -0.600. The average Bonchev–Trinajstić information content (AvgIpc) is 2.12. The van der Waals surface area contributed by atoms with E-state index in [2.05, 4.69) is 10.1 Å². The Morgan fingerprint density at radius 2 is 2.06 bits per heavy atom. The SMILES string of the molecule is COC(=O)C1=CC(C)(NC(C)=O)C=C(C)C1. The van der Waals surface area contributed by atoms with Crippen LogP contribution in [0.25, 0.3) is 0 Å². The van der Waals surface area contributed by atoms with Crippen molar-refractivity contribution in [3.8, 4) is 0 Å². The Morgan fingerprint density at radius 3 is 2.56 bits per heavy atom. The van der Waals surface area contributed by atoms with Crippen LogP contribution < -0.4 is 5.32 Å². The van der Waals surface area contributed by atoms with Crippen molar-refractivity contribution in [1.82, 2.24) is 5.32 Å². The summed E-state index contributed by atoms with van der Waals surface area (Å²) in [6.07, 6.45) is 4.26. The predicted octanol–water partition coefficient (Wildman–Crippen LogP) is 1.33. The zero-order valence-electron chi connectivity index (χ0n) is 10.1. The molecule has 0 aromatic carbocycles. The lowest BCUT2D eigenvalue weighted by Gasteiger charge is -2.29. The normalized spacial score (nSPS) is 24.2. The third kappa shape index (κ3) is 2.95. The Morgan fingerprint density at radius 1 is 1.44 bits per heavy atom. The summed E-state index contributed by atoms with van der Waals surface area (Å²) in [7, 11) is 1.35. The van der Waals surface area contributed by atoms with Gasteiger partial charge in [0.15, 0.2) is 0 Å². The second kappa shape index (κ2) is 4.51. The van der Waals surface area contributed by atoms with E-state index in [0.717, 1.165) is 5.57 Å². The molecule has 1 atom stereocenters. The number of carbonyl (C=O) groups excluding carboxylic acids is 2. The molecule has 16 heavy (non-hydrogen) atoms. The van der Waals surface area contributed by atoms with E-state index in [1.807, 2.05) is 19.9 Å². The molecule has 0 spiro atoms. The van der Waals surface area contributed by atoms with Crippen molar-refractivity contribution in [2.75, 3.05) is 7.11 Å². The molecule has 0 radical (unpaired) electrons. The van der Waals surface area contributed by atoms with E-state index in [1.165, 1.54) is 14.0 Å². The molecule has 0 bridgehead atoms. The van der Waals surface area contributed by atoms with Gasteiger partial charge in [0.25, 0.3) is 0 Å². The number of hydrogen-bond donors (Lipinski definition) is 1. The highest BCUT2D eigenvalue weighted by atomic mass is 16.5. The van der Waals surface area contributed by atoms with Gasteiger partial charge in [0, 0.05) is 18.9 Å². The van der Waals surface area contributed by atoms with Crippen LogP contribution in [-0.4, -0.2) is 24.5 Å². The Bertz CT molecular complexity index is 382. The molecule has 1 aliphatic rings. The van der Waals surface area contributed by atoms with Crippen LogP contribution in [0.5, 0.6) is 0 Å². The fourth-order valence-electron chi connectivity index (χ4n) is 2.03. The van der Waals surface area contributed by atoms with Gasteiger partial charge in [-0.2, -0.15) is 0 Å². The van der Waals surface area contributed by atoms with E-state index in [4.69, 9.17) is 0 Å². The standard InChI is InChI=1S/C12H17NO3/c1-8-5-10(11(15)16-4)7-12(3,6-8)13-9(2)14/h6-7H,5H2,1-4H3,(H,13,14). The van der Waals surface area contributed by atoms with E-state index >= 15 is 0 Å². The quantitative estimate of drug-likeness (QED) is 0.567. The Kier molecular flexibility index (Phi) is 3.52. The number of hydrogen-bond acceptors (Lipinski definition) is 3. The first kappa shape index (κ1) is 12.5. The number of nitrogens with one attached hydrogen (secondary N) is 1. The van der Waals surface area contributed by atoms with E-state index in [1.54, 1.807) is 6.08 Å². The maximum Gasteiger partial charge on any atom is 0.333 e. The summed E-state index contributed by atoms with van der Waals surface area (Å²) in [5.74, 6) is -0.474. The smallest absolute Gasteiger partial charge is 0.333 e. The molecule has 1 rings (SSSR count). The van der Waals surface area contributed by atoms with Crippen LogP contribution >= 0.6 is 0 Å². The summed E-state index contributed by atoms with van der Waals surface area (Å²) in [6, 6.07) is 0. The van der Waals surface area contributed by atoms with Crippen molar-refractivity contribution in [3.63, 3.8) is 0 Å². The molecule has 4 heteroatoms. The van der Waals surface area contributed by atoms with Crippen molar-refractivity contribution in [2.45, 2.75) is 32.7 Å². The monoisotopic (exact) mass is 223 g/mol. The highest BCUT2D eigenvalue weighted by molar-refractivity contribution is 5.90. The second-order valence-corrected chi connectivity index (χ2v) is 4.29. The molecule has 0 saturated carbocycles. The summed E-state index contributed by atoms with van der Waals surface area (Å²) < 4.78 is 4.69. The van der Waals surface area contributed by atoms with Crippen LogP contribution in [0.1, 0.15) is 27.2 Å². The number of ether oxygens (including phenoxy) is 1. The summed E-state index contributed by atoms with van der Waals surface area (Å²) in [6.45, 7) is 5.23. The number of rotatable bonds is 2. The van der Waals surface area contributed by atoms with E-state index in [9.17, 15) is 9.59 Å². The van der Waals surface area contributed by atoms with Gasteiger partial charge in [-0.25, -0.2) is 4.79 Å². The van der Waals surface area contributed by atoms with Crippen LogP contribution in [0.15, 0.2) is 23.3 Å². The zero-order chi connectivity index (χ0) is 12.3. The maximum atomic E-state index is 11.5. The third-order valence-electron chi connectivity index (χ3n) is 2.38. The number of carbonyl (C=O) groups is 2. The fourth-order valence-corrected chi connectivity index (χ4v) is 2.03. The van der Waals surface area contributed by atoms with Gasteiger partial charge in [-0.3, -0.25) is 4.79 Å². The predicted molar refractivity (Wildman–Crippen MR) is 60.7 cm³/mol. The van der Waals surface area contributed by atoms with Gasteiger partial charge in [-0.15, -0.1) is 0 Å². The molecular weight excluding hydrogens is 206 g/mol. The first-order chi connectivity index (χ1) is 7.36. The lowest BCUT2D eigenvalue weighted by atomic mass is 9.87. The van der Waals surface area contributed by atoms with Crippen LogP contribution in [0.3, 0.4) is 0 Å². The van der Waals surface area contributed by atoms with Gasteiger partial charge in [0.1, 0.15) is 0 Å². The highest BCUT2D eigenvalue weighted by Crippen LogP contribution is 2.25. The number of amides is 1. The molecule has 0 heterocycles. The molecule has 0 aliphatic heterocycles. The largest absolute Gasteiger partial charge is 0.466 e. The molecule has 0 aromatic rings. The second-order valence-electron chi connectivity index (χ2n) is 4.29. The Labute approximate surface area is 95.4 Å². The summed E-state index contributed by atoms with van der Waals surface area (Å²) in [4.78, 5) is 22.5. The molecule has 4 nitrogen and oxygen atoms in total. The van der Waals surface area contributed by atoms with Crippen molar-refractivity contribution in [1.29, 1.82) is 0 Å². The van der Waals surface area contributed by atoms with Crippen molar-refractivity contribution in [3.05, 3.63) is 23.3 Å². The van der Waals surface area contributed by atoms with E-state index < -0.39 is 5.54 Å². The molecule has 1 unspecified atom stereocenters. The molecular formula is C12H17NO3. The summed E-state index contributed by atoms with van der Waals surface area (Å²) in [5, 5.41) is 2.80. The lowest BCUT2D eigenvalue weighted by molar-refractivity contribution is -0.136. The van der Waals surface area contributed by atoms with E-state index in [-0.39, 0.29) is 11.9 Å². The molecule has 0 saturated heterocycles. The Hall–Kier alpha value is -1.58. The molecule has 0 fully saturated rings. The van der Waals surface area contributed by atoms with Gasteiger partial charge >= 0.3 is 5.97 Å². The summed E-state index contributed by atoms with van der Waals surface area (Å²) in [5.41, 5.74) is 1.02. The highest BCUT2D eigenvalue weighted by Gasteiger charge is 2.27. The van der Waals surface area contributed by atoms with Crippen LogP contribution in [0.4, 0.5) is 0 Å². The van der Waals surface area contributed by atoms with Crippen LogP contribution in [-0.2, 0) is 14.3 Å². The topological polar surface area (TPSA) is 55.4 Å². The minimum absolute atomic E-state index is 0.131. The van der Waals surface area contributed by atoms with Crippen LogP contribution in [0.2, 0.25) is 0 Å². The van der Waals surface area contributed by atoms with Crippen molar-refractivity contribution in [2.24, 2.45) is 0 Å². The fraction of sp³-hybridized carbons (Fsp3) is 0.500. The van der Waals surface area contributed by atoms with Gasteiger partial charge in [-0.05, 0) is 19.9 Å². The van der Waals surface area contributed by atoms with E-state index in [0.29, 0.717) is 12.0 Å². The molecule has 0 aromatic heterocycles. The first-order valence-corrected chi connectivity index (χ1v) is 5.13. The van der Waals surface area contributed by atoms with Crippen LogP contribution in [0, 0.1) is 0 Å². The Balaban J connectivity index is 3.00. The first-order valence-electron chi connectivity index (χ1n) is 5.13. The molecule has 1 amide bonds. The minimum Gasteiger partial charge on any atom is -0.466 e. The lowest BCUT2D eigenvalue weighted by Crippen LogP contribution is -2.43. The molecule has 1 aliphatic carbocycles. The maximum absolute atomic E-state index is 11.5. The number of allylic oxidation sites excluding steroid dienone is 1. The number of methoxy groups -OCH3 is 1. The molecule has 1 N–H and O–H groups in total. The zero-order valence-corrected chi connectivity index (χ0v) is 10.1. The molecule has 88 valence electrons. The third-order valence-corrected chi connectivity index (χ3v) is 2.38. The van der Waals surface area contributed by atoms with Gasteiger partial charge in [-0.1, -0.05) is 11.6 Å². The number of esters is 1. The average molecular weight is 223 g/mol. The van der Waals surface area contributed by atoms with Gasteiger partial charge in [0.05, 0.1) is 12.6 Å². The summed E-state index contributed by atoms with van der Waals surface area (Å²) >= 11 is 0. The van der Waals surface area contributed by atoms with Crippen molar-refractivity contribution < 1.29 is 14.3 Å². The van der Waals surface area contributed by atoms with Gasteiger partial charge in [0.2, 0.25) is 5.91 Å².